The van der Waals surface area contributed by atoms with Crippen molar-refractivity contribution in [3.05, 3.63) is 35.4 Å². The van der Waals surface area contributed by atoms with Gasteiger partial charge in [-0.15, -0.1) is 0 Å². The molecule has 1 aromatic rings. The van der Waals surface area contributed by atoms with E-state index in [1.165, 1.54) is 0 Å². The third kappa shape index (κ3) is 3.67. The zero-order valence-corrected chi connectivity index (χ0v) is 11.9. The number of hydrogen-bond acceptors (Lipinski definition) is 4. The molecule has 20 heavy (non-hydrogen) atoms. The highest BCUT2D eigenvalue weighted by molar-refractivity contribution is 5.77. The average molecular weight is 275 g/mol. The van der Waals surface area contributed by atoms with Crippen LogP contribution in [0.1, 0.15) is 41.6 Å². The number of piperidine rings is 1. The second-order valence-electron chi connectivity index (χ2n) is 5.10. The Morgan fingerprint density at radius 3 is 2.70 bits per heavy atom. The summed E-state index contributed by atoms with van der Waals surface area (Å²) in [6, 6.07) is 7.78. The summed E-state index contributed by atoms with van der Waals surface area (Å²) in [5.41, 5.74) is 1.93. The van der Waals surface area contributed by atoms with Crippen molar-refractivity contribution in [3.63, 3.8) is 0 Å². The number of likely N-dealkylation sites (tertiary alicyclic amines) is 1. The lowest BCUT2D eigenvalue weighted by Crippen LogP contribution is -2.37. The molecule has 0 aromatic heterocycles. The second-order valence-corrected chi connectivity index (χ2v) is 5.10. The monoisotopic (exact) mass is 275 g/mol. The maximum atomic E-state index is 11.5. The minimum atomic E-state index is -0.153. The van der Waals surface area contributed by atoms with Crippen molar-refractivity contribution in [2.75, 3.05) is 26.2 Å². The van der Waals surface area contributed by atoms with Crippen LogP contribution in [0.4, 0.5) is 0 Å². The molecule has 108 valence electrons. The summed E-state index contributed by atoms with van der Waals surface area (Å²) < 4.78 is 4.97. The van der Waals surface area contributed by atoms with E-state index in [0.717, 1.165) is 43.3 Å². The molecule has 0 aliphatic carbocycles. The molecule has 4 heteroatoms. The second kappa shape index (κ2) is 7.20. The number of benzene rings is 1. The molecule has 1 aliphatic rings. The molecule has 0 N–H and O–H groups in total. The van der Waals surface area contributed by atoms with Gasteiger partial charge in [0.05, 0.1) is 13.2 Å². The minimum absolute atomic E-state index is 0.153. The lowest BCUT2D eigenvalue weighted by Gasteiger charge is -2.31. The maximum absolute atomic E-state index is 11.5. The van der Waals surface area contributed by atoms with Crippen molar-refractivity contribution in [3.8, 4) is 0 Å². The van der Waals surface area contributed by atoms with E-state index in [2.05, 4.69) is 4.90 Å². The topological polar surface area (TPSA) is 46.6 Å². The first-order valence-corrected chi connectivity index (χ1v) is 7.16. The molecular formula is C16H21NO3. The smallest absolute Gasteiger partial charge is 0.320 e. The number of rotatable bonds is 5. The van der Waals surface area contributed by atoms with Crippen LogP contribution < -0.4 is 0 Å². The van der Waals surface area contributed by atoms with Gasteiger partial charge in [-0.2, -0.15) is 0 Å². The third-order valence-corrected chi connectivity index (χ3v) is 3.81. The Hall–Kier alpha value is -1.68. The lowest BCUT2D eigenvalue weighted by atomic mass is 9.87. The molecule has 0 radical (unpaired) electrons. The van der Waals surface area contributed by atoms with Crippen LogP contribution in [-0.2, 0) is 9.53 Å². The van der Waals surface area contributed by atoms with E-state index in [9.17, 15) is 9.59 Å². The number of aldehydes is 1. The summed E-state index contributed by atoms with van der Waals surface area (Å²) >= 11 is 0. The van der Waals surface area contributed by atoms with Gasteiger partial charge in [0, 0.05) is 5.56 Å². The Labute approximate surface area is 119 Å². The highest BCUT2D eigenvalue weighted by Gasteiger charge is 2.23. The molecule has 0 saturated carbocycles. The Kier molecular flexibility index (Phi) is 5.30. The summed E-state index contributed by atoms with van der Waals surface area (Å²) in [6.45, 7) is 4.37. The summed E-state index contributed by atoms with van der Waals surface area (Å²) in [6.07, 6.45) is 2.88. The normalized spacial score (nSPS) is 16.9. The van der Waals surface area contributed by atoms with Crippen molar-refractivity contribution in [2.24, 2.45) is 0 Å². The summed E-state index contributed by atoms with van der Waals surface area (Å²) in [5, 5.41) is 0. The molecule has 0 unspecified atom stereocenters. The fraction of sp³-hybridized carbons (Fsp3) is 0.500. The standard InChI is InChI=1S/C16H21NO3/c1-2-20-16(19)11-17-9-7-13(8-10-17)15-6-4-3-5-14(15)12-18/h3-6,12-13H,2,7-11H2,1H3. The first-order valence-electron chi connectivity index (χ1n) is 7.16. The van der Waals surface area contributed by atoms with E-state index in [4.69, 9.17) is 4.74 Å². The van der Waals surface area contributed by atoms with Crippen molar-refractivity contribution < 1.29 is 14.3 Å². The van der Waals surface area contributed by atoms with Gasteiger partial charge in [0.2, 0.25) is 0 Å². The van der Waals surface area contributed by atoms with Crippen LogP contribution in [0.3, 0.4) is 0 Å². The van der Waals surface area contributed by atoms with E-state index in [0.29, 0.717) is 19.1 Å². The van der Waals surface area contributed by atoms with Crippen molar-refractivity contribution >= 4 is 12.3 Å². The van der Waals surface area contributed by atoms with E-state index < -0.39 is 0 Å². The number of hydrogen-bond donors (Lipinski definition) is 0. The van der Waals surface area contributed by atoms with Gasteiger partial charge >= 0.3 is 5.97 Å². The van der Waals surface area contributed by atoms with Crippen molar-refractivity contribution in [1.82, 2.24) is 4.90 Å². The Balaban J connectivity index is 1.91. The van der Waals surface area contributed by atoms with Crippen molar-refractivity contribution in [1.29, 1.82) is 0 Å². The van der Waals surface area contributed by atoms with Crippen LogP contribution in [0, 0.1) is 0 Å². The summed E-state index contributed by atoms with van der Waals surface area (Å²) in [5.74, 6) is 0.258. The lowest BCUT2D eigenvalue weighted by molar-refractivity contribution is -0.144. The maximum Gasteiger partial charge on any atom is 0.320 e. The van der Waals surface area contributed by atoms with Gasteiger partial charge in [0.1, 0.15) is 6.29 Å². The zero-order valence-electron chi connectivity index (χ0n) is 11.9. The van der Waals surface area contributed by atoms with Gasteiger partial charge in [-0.05, 0) is 44.3 Å². The van der Waals surface area contributed by atoms with Gasteiger partial charge in [0.15, 0.2) is 0 Å². The molecule has 2 rings (SSSR count). The fourth-order valence-electron chi connectivity index (χ4n) is 2.78. The molecular weight excluding hydrogens is 254 g/mol. The van der Waals surface area contributed by atoms with Crippen molar-refractivity contribution in [2.45, 2.75) is 25.7 Å². The molecule has 0 spiro atoms. The Bertz CT molecular complexity index is 465. The first kappa shape index (κ1) is 14.7. The number of carbonyl (C=O) groups is 2. The Morgan fingerprint density at radius 2 is 2.05 bits per heavy atom. The van der Waals surface area contributed by atoms with Crippen LogP contribution >= 0.6 is 0 Å². The summed E-state index contributed by atoms with van der Waals surface area (Å²) in [7, 11) is 0. The number of esters is 1. The predicted octanol–water partition coefficient (Wildman–Crippen LogP) is 2.24. The average Bonchev–Trinajstić information content (AvgIpc) is 2.48. The molecule has 1 aromatic carbocycles. The van der Waals surface area contributed by atoms with Gasteiger partial charge in [0.25, 0.3) is 0 Å². The molecule has 4 nitrogen and oxygen atoms in total. The van der Waals surface area contributed by atoms with Crippen LogP contribution in [-0.4, -0.2) is 43.4 Å². The molecule has 0 bridgehead atoms. The van der Waals surface area contributed by atoms with Gasteiger partial charge in [-0.25, -0.2) is 0 Å². The highest BCUT2D eigenvalue weighted by Crippen LogP contribution is 2.29. The molecule has 1 aliphatic heterocycles. The Morgan fingerprint density at radius 1 is 1.35 bits per heavy atom. The molecule has 0 atom stereocenters. The molecule has 1 heterocycles. The quantitative estimate of drug-likeness (QED) is 0.611. The molecule has 1 saturated heterocycles. The van der Waals surface area contributed by atoms with E-state index in [-0.39, 0.29) is 5.97 Å². The predicted molar refractivity (Wildman–Crippen MR) is 76.9 cm³/mol. The van der Waals surface area contributed by atoms with Gasteiger partial charge in [-0.3, -0.25) is 14.5 Å². The van der Waals surface area contributed by atoms with E-state index in [1.54, 1.807) is 0 Å². The largest absolute Gasteiger partial charge is 0.465 e. The van der Waals surface area contributed by atoms with Gasteiger partial charge < -0.3 is 4.74 Å². The minimum Gasteiger partial charge on any atom is -0.465 e. The molecule has 0 amide bonds. The highest BCUT2D eigenvalue weighted by atomic mass is 16.5. The fourth-order valence-corrected chi connectivity index (χ4v) is 2.78. The van der Waals surface area contributed by atoms with Gasteiger partial charge in [-0.1, -0.05) is 24.3 Å². The van der Waals surface area contributed by atoms with E-state index in [1.807, 2.05) is 31.2 Å². The number of ether oxygens (including phenoxy) is 1. The van der Waals surface area contributed by atoms with Crippen LogP contribution in [0.5, 0.6) is 0 Å². The SMILES string of the molecule is CCOC(=O)CN1CCC(c2ccccc2C=O)CC1. The summed E-state index contributed by atoms with van der Waals surface area (Å²) in [4.78, 5) is 24.7. The molecule has 1 fully saturated rings. The number of carbonyl (C=O) groups excluding carboxylic acids is 2. The van der Waals surface area contributed by atoms with Crippen LogP contribution in [0.25, 0.3) is 0 Å². The van der Waals surface area contributed by atoms with Crippen LogP contribution in [0.15, 0.2) is 24.3 Å². The van der Waals surface area contributed by atoms with E-state index >= 15 is 0 Å². The van der Waals surface area contributed by atoms with Crippen LogP contribution in [0.2, 0.25) is 0 Å². The zero-order chi connectivity index (χ0) is 14.4. The first-order chi connectivity index (χ1) is 9.74. The third-order valence-electron chi connectivity index (χ3n) is 3.81. The number of nitrogens with zero attached hydrogens (tertiary/aromatic N) is 1.